The van der Waals surface area contributed by atoms with E-state index in [4.69, 9.17) is 4.74 Å². The normalized spacial score (nSPS) is 10.1. The summed E-state index contributed by atoms with van der Waals surface area (Å²) in [6.45, 7) is 4.52. The SMILES string of the molecule is CCN(CC)C(=O)c1cccc(NC(=O)COC(=O)c2ccc(O)cc2)c1. The summed E-state index contributed by atoms with van der Waals surface area (Å²) in [7, 11) is 0. The number of esters is 1. The summed E-state index contributed by atoms with van der Waals surface area (Å²) in [4.78, 5) is 37.9. The highest BCUT2D eigenvalue weighted by Gasteiger charge is 2.14. The van der Waals surface area contributed by atoms with Crippen LogP contribution in [0.15, 0.2) is 48.5 Å². The van der Waals surface area contributed by atoms with Crippen molar-refractivity contribution in [2.45, 2.75) is 13.8 Å². The van der Waals surface area contributed by atoms with Crippen molar-refractivity contribution in [2.75, 3.05) is 25.0 Å². The van der Waals surface area contributed by atoms with Crippen LogP contribution >= 0.6 is 0 Å². The zero-order chi connectivity index (χ0) is 19.8. The van der Waals surface area contributed by atoms with E-state index in [2.05, 4.69) is 5.32 Å². The van der Waals surface area contributed by atoms with Gasteiger partial charge in [0.05, 0.1) is 5.56 Å². The molecule has 0 aliphatic rings. The van der Waals surface area contributed by atoms with Crippen LogP contribution in [-0.4, -0.2) is 47.5 Å². The molecule has 0 bridgehead atoms. The maximum absolute atomic E-state index is 12.4. The monoisotopic (exact) mass is 370 g/mol. The number of hydrogen-bond acceptors (Lipinski definition) is 5. The molecule has 0 aromatic heterocycles. The smallest absolute Gasteiger partial charge is 0.338 e. The highest BCUT2D eigenvalue weighted by atomic mass is 16.5. The third-order valence-electron chi connectivity index (χ3n) is 3.88. The van der Waals surface area contributed by atoms with Crippen LogP contribution in [0.3, 0.4) is 0 Å². The molecule has 0 fully saturated rings. The Morgan fingerprint density at radius 1 is 1.00 bits per heavy atom. The van der Waals surface area contributed by atoms with Gasteiger partial charge in [-0.2, -0.15) is 0 Å². The van der Waals surface area contributed by atoms with Gasteiger partial charge in [-0.3, -0.25) is 9.59 Å². The number of rotatable bonds is 7. The van der Waals surface area contributed by atoms with E-state index in [1.165, 1.54) is 24.3 Å². The number of anilines is 1. The molecule has 2 rings (SSSR count). The van der Waals surface area contributed by atoms with Crippen LogP contribution in [0.4, 0.5) is 5.69 Å². The van der Waals surface area contributed by atoms with Crippen LogP contribution in [0.2, 0.25) is 0 Å². The summed E-state index contributed by atoms with van der Waals surface area (Å²) >= 11 is 0. The average molecular weight is 370 g/mol. The Morgan fingerprint density at radius 3 is 2.30 bits per heavy atom. The Labute approximate surface area is 157 Å². The minimum Gasteiger partial charge on any atom is -0.508 e. The second kappa shape index (κ2) is 9.38. The Kier molecular flexibility index (Phi) is 6.93. The predicted molar refractivity (Wildman–Crippen MR) is 101 cm³/mol. The van der Waals surface area contributed by atoms with E-state index in [-0.39, 0.29) is 17.2 Å². The van der Waals surface area contributed by atoms with Crippen molar-refractivity contribution in [3.8, 4) is 5.75 Å². The highest BCUT2D eigenvalue weighted by molar-refractivity contribution is 5.98. The molecule has 2 aromatic carbocycles. The van der Waals surface area contributed by atoms with Crippen molar-refractivity contribution in [1.82, 2.24) is 4.90 Å². The van der Waals surface area contributed by atoms with E-state index >= 15 is 0 Å². The van der Waals surface area contributed by atoms with Crippen molar-refractivity contribution in [2.24, 2.45) is 0 Å². The standard InChI is InChI=1S/C20H22N2O5/c1-3-22(4-2)19(25)15-6-5-7-16(12-15)21-18(24)13-27-20(26)14-8-10-17(23)11-9-14/h5-12,23H,3-4,13H2,1-2H3,(H,21,24). The van der Waals surface area contributed by atoms with Crippen LogP contribution in [-0.2, 0) is 9.53 Å². The molecule has 0 aliphatic carbocycles. The van der Waals surface area contributed by atoms with Gasteiger partial charge in [0.15, 0.2) is 6.61 Å². The summed E-state index contributed by atoms with van der Waals surface area (Å²) < 4.78 is 4.94. The number of aromatic hydroxyl groups is 1. The maximum atomic E-state index is 12.4. The minimum absolute atomic E-state index is 0.0310. The first kappa shape index (κ1) is 20.0. The lowest BCUT2D eigenvalue weighted by Crippen LogP contribution is -2.30. The number of ether oxygens (including phenoxy) is 1. The Balaban J connectivity index is 1.93. The maximum Gasteiger partial charge on any atom is 0.338 e. The molecule has 7 nitrogen and oxygen atoms in total. The third kappa shape index (κ3) is 5.57. The minimum atomic E-state index is -0.671. The first-order valence-electron chi connectivity index (χ1n) is 8.60. The Hall–Kier alpha value is -3.35. The molecule has 2 aromatic rings. The van der Waals surface area contributed by atoms with Crippen LogP contribution in [0.1, 0.15) is 34.6 Å². The number of carbonyl (C=O) groups is 3. The molecule has 0 heterocycles. The molecule has 0 saturated heterocycles. The van der Waals surface area contributed by atoms with E-state index in [9.17, 15) is 19.5 Å². The topological polar surface area (TPSA) is 95.9 Å². The fraction of sp³-hybridized carbons (Fsp3) is 0.250. The molecule has 0 unspecified atom stereocenters. The quantitative estimate of drug-likeness (QED) is 0.731. The van der Waals surface area contributed by atoms with Crippen molar-refractivity contribution >= 4 is 23.5 Å². The molecule has 0 aliphatic heterocycles. The van der Waals surface area contributed by atoms with E-state index < -0.39 is 18.5 Å². The lowest BCUT2D eigenvalue weighted by atomic mass is 10.1. The van der Waals surface area contributed by atoms with E-state index in [0.717, 1.165) is 0 Å². The Bertz CT molecular complexity index is 813. The van der Waals surface area contributed by atoms with Crippen molar-refractivity contribution < 1.29 is 24.2 Å². The largest absolute Gasteiger partial charge is 0.508 e. The van der Waals surface area contributed by atoms with E-state index in [1.807, 2.05) is 13.8 Å². The van der Waals surface area contributed by atoms with Gasteiger partial charge in [-0.05, 0) is 56.3 Å². The second-order valence-corrected chi connectivity index (χ2v) is 5.73. The van der Waals surface area contributed by atoms with Crippen LogP contribution in [0.5, 0.6) is 5.75 Å². The van der Waals surface area contributed by atoms with Crippen molar-refractivity contribution in [3.05, 3.63) is 59.7 Å². The predicted octanol–water partition coefficient (Wildman–Crippen LogP) is 2.67. The summed E-state index contributed by atoms with van der Waals surface area (Å²) in [6.07, 6.45) is 0. The molecule has 0 atom stereocenters. The summed E-state index contributed by atoms with van der Waals surface area (Å²) in [5.74, 6) is -1.27. The molecule has 0 radical (unpaired) electrons. The molecular weight excluding hydrogens is 348 g/mol. The molecule has 2 N–H and O–H groups in total. The second-order valence-electron chi connectivity index (χ2n) is 5.73. The number of carbonyl (C=O) groups excluding carboxylic acids is 3. The highest BCUT2D eigenvalue weighted by Crippen LogP contribution is 2.14. The third-order valence-corrected chi connectivity index (χ3v) is 3.88. The fourth-order valence-corrected chi connectivity index (χ4v) is 2.43. The van der Waals surface area contributed by atoms with E-state index in [1.54, 1.807) is 29.2 Å². The van der Waals surface area contributed by atoms with E-state index in [0.29, 0.717) is 24.3 Å². The zero-order valence-electron chi connectivity index (χ0n) is 15.3. The fourth-order valence-electron chi connectivity index (χ4n) is 2.43. The number of hydrogen-bond donors (Lipinski definition) is 2. The molecule has 7 heteroatoms. The van der Waals surface area contributed by atoms with Gasteiger partial charge in [0, 0.05) is 24.3 Å². The number of phenols is 1. The summed E-state index contributed by atoms with van der Waals surface area (Å²) in [5, 5.41) is 11.8. The number of amides is 2. The van der Waals surface area contributed by atoms with Gasteiger partial charge in [0.1, 0.15) is 5.75 Å². The van der Waals surface area contributed by atoms with Crippen LogP contribution in [0.25, 0.3) is 0 Å². The first-order chi connectivity index (χ1) is 12.9. The van der Waals surface area contributed by atoms with Gasteiger partial charge in [-0.25, -0.2) is 4.79 Å². The van der Waals surface area contributed by atoms with Gasteiger partial charge < -0.3 is 20.1 Å². The number of benzene rings is 2. The van der Waals surface area contributed by atoms with Crippen molar-refractivity contribution in [3.63, 3.8) is 0 Å². The summed E-state index contributed by atoms with van der Waals surface area (Å²) in [6, 6.07) is 12.1. The average Bonchev–Trinajstić information content (AvgIpc) is 2.67. The molecule has 0 spiro atoms. The summed E-state index contributed by atoms with van der Waals surface area (Å²) in [5.41, 5.74) is 1.14. The van der Waals surface area contributed by atoms with Gasteiger partial charge in [-0.1, -0.05) is 6.07 Å². The van der Waals surface area contributed by atoms with Crippen LogP contribution < -0.4 is 5.32 Å². The van der Waals surface area contributed by atoms with Gasteiger partial charge >= 0.3 is 5.97 Å². The lowest BCUT2D eigenvalue weighted by Gasteiger charge is -2.19. The zero-order valence-corrected chi connectivity index (χ0v) is 15.3. The van der Waals surface area contributed by atoms with Crippen molar-refractivity contribution in [1.29, 1.82) is 0 Å². The molecule has 2 amide bonds. The molecule has 0 saturated carbocycles. The molecule has 27 heavy (non-hydrogen) atoms. The van der Waals surface area contributed by atoms with Crippen LogP contribution in [0, 0.1) is 0 Å². The number of phenolic OH excluding ortho intramolecular Hbond substituents is 1. The van der Waals surface area contributed by atoms with Gasteiger partial charge in [-0.15, -0.1) is 0 Å². The lowest BCUT2D eigenvalue weighted by molar-refractivity contribution is -0.119. The number of nitrogens with zero attached hydrogens (tertiary/aromatic N) is 1. The number of nitrogens with one attached hydrogen (secondary N) is 1. The Morgan fingerprint density at radius 2 is 1.67 bits per heavy atom. The first-order valence-corrected chi connectivity index (χ1v) is 8.60. The van der Waals surface area contributed by atoms with Gasteiger partial charge in [0.25, 0.3) is 11.8 Å². The molecular formula is C20H22N2O5. The molecule has 142 valence electrons. The van der Waals surface area contributed by atoms with Gasteiger partial charge in [0.2, 0.25) is 0 Å².